The van der Waals surface area contributed by atoms with E-state index in [1.54, 1.807) is 24.4 Å². The molecule has 0 radical (unpaired) electrons. The average molecular weight is 390 g/mol. The highest BCUT2D eigenvalue weighted by molar-refractivity contribution is 5.92. The van der Waals surface area contributed by atoms with Crippen LogP contribution >= 0.6 is 0 Å². The fourth-order valence-electron chi connectivity index (χ4n) is 3.01. The van der Waals surface area contributed by atoms with Gasteiger partial charge in [0.05, 0.1) is 21.6 Å². The van der Waals surface area contributed by atoms with Crippen molar-refractivity contribution >= 4 is 22.6 Å². The van der Waals surface area contributed by atoms with Gasteiger partial charge in [0.1, 0.15) is 5.82 Å². The molecular weight excluding hydrogens is 372 g/mol. The van der Waals surface area contributed by atoms with Crippen LogP contribution in [0.2, 0.25) is 0 Å². The number of aromatic amines is 1. The third-order valence-electron chi connectivity index (χ3n) is 4.44. The standard InChI is InChI=1S/C20H18N6O3/c27-20(21-11-4-9-19-22-16-7-1-2-8-17(16)23-19)18-10-12-25(24-18)14-5-3-6-15(13-14)26(28)29/h1-3,5-8,10,12-13H,4,9,11H2,(H,21,27)(H,22,23). The minimum atomic E-state index is -0.470. The first-order valence-electron chi connectivity index (χ1n) is 9.12. The molecule has 146 valence electrons. The zero-order valence-corrected chi connectivity index (χ0v) is 15.4. The Balaban J connectivity index is 1.32. The molecule has 2 N–H and O–H groups in total. The van der Waals surface area contributed by atoms with E-state index in [1.165, 1.54) is 16.8 Å². The second-order valence-corrected chi connectivity index (χ2v) is 6.48. The van der Waals surface area contributed by atoms with Gasteiger partial charge in [0.25, 0.3) is 11.6 Å². The third kappa shape index (κ3) is 4.13. The van der Waals surface area contributed by atoms with Crippen molar-refractivity contribution in [2.75, 3.05) is 6.54 Å². The normalized spacial score (nSPS) is 10.9. The van der Waals surface area contributed by atoms with Crippen LogP contribution in [-0.4, -0.2) is 37.1 Å². The van der Waals surface area contributed by atoms with Crippen molar-refractivity contribution in [1.29, 1.82) is 0 Å². The van der Waals surface area contributed by atoms with Crippen molar-refractivity contribution < 1.29 is 9.72 Å². The molecule has 0 aliphatic heterocycles. The van der Waals surface area contributed by atoms with Crippen molar-refractivity contribution in [2.24, 2.45) is 0 Å². The van der Waals surface area contributed by atoms with Gasteiger partial charge in [0.15, 0.2) is 5.69 Å². The van der Waals surface area contributed by atoms with Crippen LogP contribution in [0, 0.1) is 10.1 Å². The van der Waals surface area contributed by atoms with Crippen LogP contribution in [-0.2, 0) is 6.42 Å². The average Bonchev–Trinajstić information content (AvgIpc) is 3.38. The van der Waals surface area contributed by atoms with E-state index in [4.69, 9.17) is 0 Å². The van der Waals surface area contributed by atoms with Crippen LogP contribution in [0.5, 0.6) is 0 Å². The lowest BCUT2D eigenvalue weighted by Crippen LogP contribution is -2.25. The van der Waals surface area contributed by atoms with Crippen molar-refractivity contribution in [3.05, 3.63) is 82.4 Å². The van der Waals surface area contributed by atoms with E-state index < -0.39 is 4.92 Å². The molecule has 0 saturated carbocycles. The summed E-state index contributed by atoms with van der Waals surface area (Å²) in [4.78, 5) is 30.5. The number of nitrogens with one attached hydrogen (secondary N) is 2. The van der Waals surface area contributed by atoms with E-state index in [-0.39, 0.29) is 17.3 Å². The number of H-pyrrole nitrogens is 1. The zero-order chi connectivity index (χ0) is 20.2. The predicted molar refractivity (Wildman–Crippen MR) is 107 cm³/mol. The van der Waals surface area contributed by atoms with Gasteiger partial charge < -0.3 is 10.3 Å². The Hall–Kier alpha value is -4.01. The van der Waals surface area contributed by atoms with Crippen LogP contribution in [0.25, 0.3) is 16.7 Å². The summed E-state index contributed by atoms with van der Waals surface area (Å²) in [6.07, 6.45) is 3.05. The maximum absolute atomic E-state index is 12.3. The van der Waals surface area contributed by atoms with E-state index in [1.807, 2.05) is 24.3 Å². The number of carbonyl (C=O) groups is 1. The maximum atomic E-state index is 12.3. The molecule has 0 saturated heterocycles. The number of aromatic nitrogens is 4. The number of benzene rings is 2. The van der Waals surface area contributed by atoms with E-state index in [9.17, 15) is 14.9 Å². The first-order valence-corrected chi connectivity index (χ1v) is 9.12. The molecule has 4 rings (SSSR count). The van der Waals surface area contributed by atoms with E-state index in [2.05, 4.69) is 20.4 Å². The monoisotopic (exact) mass is 390 g/mol. The Morgan fingerprint density at radius 2 is 2.03 bits per heavy atom. The molecule has 2 aromatic heterocycles. The molecule has 0 fully saturated rings. The lowest BCUT2D eigenvalue weighted by atomic mass is 10.3. The second-order valence-electron chi connectivity index (χ2n) is 6.48. The maximum Gasteiger partial charge on any atom is 0.271 e. The molecule has 0 spiro atoms. The molecule has 0 bridgehead atoms. The van der Waals surface area contributed by atoms with Crippen LogP contribution < -0.4 is 5.32 Å². The highest BCUT2D eigenvalue weighted by atomic mass is 16.6. The molecule has 1 amide bonds. The first-order chi connectivity index (χ1) is 14.1. The second kappa shape index (κ2) is 7.93. The summed E-state index contributed by atoms with van der Waals surface area (Å²) >= 11 is 0. The zero-order valence-electron chi connectivity index (χ0n) is 15.4. The Morgan fingerprint density at radius 3 is 2.86 bits per heavy atom. The van der Waals surface area contributed by atoms with Crippen molar-refractivity contribution in [2.45, 2.75) is 12.8 Å². The molecule has 2 heterocycles. The number of imidazole rings is 1. The summed E-state index contributed by atoms with van der Waals surface area (Å²) in [6, 6.07) is 15.5. The van der Waals surface area contributed by atoms with E-state index in [0.717, 1.165) is 29.7 Å². The highest BCUT2D eigenvalue weighted by Gasteiger charge is 2.12. The van der Waals surface area contributed by atoms with Crippen molar-refractivity contribution in [1.82, 2.24) is 25.1 Å². The van der Waals surface area contributed by atoms with Crippen LogP contribution in [0.3, 0.4) is 0 Å². The third-order valence-corrected chi connectivity index (χ3v) is 4.44. The van der Waals surface area contributed by atoms with Gasteiger partial charge in [-0.05, 0) is 30.7 Å². The number of hydrogen-bond donors (Lipinski definition) is 2. The quantitative estimate of drug-likeness (QED) is 0.286. The van der Waals surface area contributed by atoms with Gasteiger partial charge in [0, 0.05) is 31.3 Å². The topological polar surface area (TPSA) is 119 Å². The van der Waals surface area contributed by atoms with E-state index >= 15 is 0 Å². The molecule has 0 atom stereocenters. The number of amides is 1. The number of nitro groups is 1. The van der Waals surface area contributed by atoms with Crippen molar-refractivity contribution in [3.8, 4) is 5.69 Å². The molecule has 2 aromatic carbocycles. The number of nitro benzene ring substituents is 1. The molecule has 0 aliphatic carbocycles. The number of fused-ring (bicyclic) bond motifs is 1. The highest BCUT2D eigenvalue weighted by Crippen LogP contribution is 2.16. The van der Waals surface area contributed by atoms with Gasteiger partial charge in [-0.3, -0.25) is 14.9 Å². The Labute approximate surface area is 165 Å². The van der Waals surface area contributed by atoms with E-state index in [0.29, 0.717) is 12.2 Å². The summed E-state index contributed by atoms with van der Waals surface area (Å²) in [5, 5.41) is 17.9. The fraction of sp³-hybridized carbons (Fsp3) is 0.150. The fourth-order valence-corrected chi connectivity index (χ4v) is 3.01. The van der Waals surface area contributed by atoms with Crippen LogP contribution in [0.15, 0.2) is 60.8 Å². The van der Waals surface area contributed by atoms with Crippen LogP contribution in [0.4, 0.5) is 5.69 Å². The number of nitrogens with zero attached hydrogens (tertiary/aromatic N) is 4. The number of non-ortho nitro benzene ring substituents is 1. The molecule has 9 nitrogen and oxygen atoms in total. The number of rotatable bonds is 7. The minimum absolute atomic E-state index is 0.0328. The van der Waals surface area contributed by atoms with Crippen molar-refractivity contribution in [3.63, 3.8) is 0 Å². The molecule has 0 aliphatic rings. The smallest absolute Gasteiger partial charge is 0.271 e. The van der Waals surface area contributed by atoms with Gasteiger partial charge >= 0.3 is 0 Å². The SMILES string of the molecule is O=C(NCCCc1nc2ccccc2[nH]1)c1ccn(-c2cccc([N+](=O)[O-])c2)n1. The first kappa shape index (κ1) is 18.4. The Kier molecular flexibility index (Phi) is 5.02. The van der Waals surface area contributed by atoms with Gasteiger partial charge in [0.2, 0.25) is 0 Å². The number of para-hydroxylation sites is 2. The molecule has 4 aromatic rings. The number of carbonyl (C=O) groups excluding carboxylic acids is 1. The molecular formula is C20H18N6O3. The van der Waals surface area contributed by atoms with Crippen LogP contribution in [0.1, 0.15) is 22.7 Å². The molecule has 0 unspecified atom stereocenters. The minimum Gasteiger partial charge on any atom is -0.351 e. The predicted octanol–water partition coefficient (Wildman–Crippen LogP) is 3.02. The molecule has 9 heteroatoms. The lowest BCUT2D eigenvalue weighted by molar-refractivity contribution is -0.384. The lowest BCUT2D eigenvalue weighted by Gasteiger charge is -2.03. The summed E-state index contributed by atoms with van der Waals surface area (Å²) in [5.74, 6) is 0.592. The Morgan fingerprint density at radius 1 is 1.17 bits per heavy atom. The summed E-state index contributed by atoms with van der Waals surface area (Å²) in [6.45, 7) is 0.486. The summed E-state index contributed by atoms with van der Waals surface area (Å²) in [7, 11) is 0. The summed E-state index contributed by atoms with van der Waals surface area (Å²) < 4.78 is 1.44. The number of hydrogen-bond acceptors (Lipinski definition) is 5. The van der Waals surface area contributed by atoms with Gasteiger partial charge in [-0.25, -0.2) is 9.67 Å². The number of aryl methyl sites for hydroxylation is 1. The molecule has 29 heavy (non-hydrogen) atoms. The summed E-state index contributed by atoms with van der Waals surface area (Å²) in [5.41, 5.74) is 2.66. The Bertz CT molecular complexity index is 1150. The largest absolute Gasteiger partial charge is 0.351 e. The van der Waals surface area contributed by atoms with Gasteiger partial charge in [-0.2, -0.15) is 5.10 Å². The van der Waals surface area contributed by atoms with Gasteiger partial charge in [-0.1, -0.05) is 18.2 Å². The van der Waals surface area contributed by atoms with Gasteiger partial charge in [-0.15, -0.1) is 0 Å².